The van der Waals surface area contributed by atoms with E-state index in [-0.39, 0.29) is 23.8 Å². The number of para-hydroxylation sites is 1. The van der Waals surface area contributed by atoms with Gasteiger partial charge in [0.15, 0.2) is 0 Å². The predicted octanol–water partition coefficient (Wildman–Crippen LogP) is 5.10. The van der Waals surface area contributed by atoms with Crippen molar-refractivity contribution in [3.63, 3.8) is 0 Å². The second-order valence-corrected chi connectivity index (χ2v) is 8.12. The highest BCUT2D eigenvalue weighted by atomic mass is 32.2. The number of fused-ring (bicyclic) bond motifs is 2. The summed E-state index contributed by atoms with van der Waals surface area (Å²) in [6.07, 6.45) is 0. The molecule has 3 aromatic rings. The standard InChI is InChI=1S/C24H18N2O4S/c1-15(14-30-24(29)18-7-3-2-6-17(18)23(27)28)26-19-8-4-5-9-21(19)31-22-11-10-16(13-25)12-20(22)26/h2-12,15H,14H2,1H3,(H,27,28)/t15-/m0/s1. The lowest BCUT2D eigenvalue weighted by Crippen LogP contribution is -2.35. The van der Waals surface area contributed by atoms with Crippen molar-refractivity contribution in [2.24, 2.45) is 0 Å². The van der Waals surface area contributed by atoms with Crippen LogP contribution in [-0.4, -0.2) is 29.7 Å². The Hall–Kier alpha value is -3.76. The van der Waals surface area contributed by atoms with Crippen molar-refractivity contribution < 1.29 is 19.4 Å². The summed E-state index contributed by atoms with van der Waals surface area (Å²) in [5, 5.41) is 18.7. The van der Waals surface area contributed by atoms with Gasteiger partial charge in [-0.2, -0.15) is 5.26 Å². The van der Waals surface area contributed by atoms with Crippen LogP contribution < -0.4 is 4.90 Å². The average molecular weight is 430 g/mol. The van der Waals surface area contributed by atoms with Crippen molar-refractivity contribution >= 4 is 35.1 Å². The second-order valence-electron chi connectivity index (χ2n) is 7.03. The Morgan fingerprint density at radius 1 is 1.03 bits per heavy atom. The highest BCUT2D eigenvalue weighted by molar-refractivity contribution is 7.99. The molecule has 7 heteroatoms. The molecular formula is C24H18N2O4S. The van der Waals surface area contributed by atoms with E-state index < -0.39 is 11.9 Å². The SMILES string of the molecule is C[C@@H](COC(=O)c1ccccc1C(=O)O)N1c2ccccc2Sc2ccc(C#N)cc21. The zero-order chi connectivity index (χ0) is 22.0. The van der Waals surface area contributed by atoms with E-state index in [0.29, 0.717) is 5.56 Å². The Bertz CT molecular complexity index is 1220. The Labute approximate surface area is 183 Å². The van der Waals surface area contributed by atoms with Gasteiger partial charge in [-0.15, -0.1) is 0 Å². The third-order valence-corrected chi connectivity index (χ3v) is 6.10. The van der Waals surface area contributed by atoms with Crippen molar-refractivity contribution in [1.82, 2.24) is 0 Å². The molecule has 0 bridgehead atoms. The van der Waals surface area contributed by atoms with E-state index in [0.717, 1.165) is 21.2 Å². The number of esters is 1. The number of rotatable bonds is 5. The third-order valence-electron chi connectivity index (χ3n) is 4.97. The van der Waals surface area contributed by atoms with Crippen molar-refractivity contribution in [3.8, 4) is 6.07 Å². The summed E-state index contributed by atoms with van der Waals surface area (Å²) in [6, 6.07) is 21.3. The minimum atomic E-state index is -1.18. The molecule has 1 atom stereocenters. The van der Waals surface area contributed by atoms with E-state index in [1.807, 2.05) is 43.3 Å². The first-order valence-corrected chi connectivity index (χ1v) is 10.4. The van der Waals surface area contributed by atoms with Gasteiger partial charge in [0.05, 0.1) is 40.2 Å². The predicted molar refractivity (Wildman–Crippen MR) is 117 cm³/mol. The van der Waals surface area contributed by atoms with Gasteiger partial charge in [-0.3, -0.25) is 0 Å². The molecule has 1 aliphatic rings. The summed E-state index contributed by atoms with van der Waals surface area (Å²) >= 11 is 1.63. The fraction of sp³-hybridized carbons (Fsp3) is 0.125. The van der Waals surface area contributed by atoms with Crippen LogP contribution in [0, 0.1) is 11.3 Å². The van der Waals surface area contributed by atoms with Gasteiger partial charge in [0, 0.05) is 9.79 Å². The first-order valence-electron chi connectivity index (χ1n) is 9.59. The van der Waals surface area contributed by atoms with Gasteiger partial charge >= 0.3 is 11.9 Å². The molecule has 154 valence electrons. The summed E-state index contributed by atoms with van der Waals surface area (Å²) < 4.78 is 5.50. The van der Waals surface area contributed by atoms with Gasteiger partial charge in [-0.1, -0.05) is 36.0 Å². The van der Waals surface area contributed by atoms with E-state index in [1.165, 1.54) is 12.1 Å². The number of aromatic carboxylic acids is 1. The molecule has 4 rings (SSSR count). The van der Waals surface area contributed by atoms with Gasteiger partial charge in [-0.25, -0.2) is 9.59 Å². The van der Waals surface area contributed by atoms with Crippen LogP contribution in [0.15, 0.2) is 76.5 Å². The largest absolute Gasteiger partial charge is 0.478 e. The first kappa shape index (κ1) is 20.5. The van der Waals surface area contributed by atoms with Crippen LogP contribution in [0.2, 0.25) is 0 Å². The zero-order valence-corrected chi connectivity index (χ0v) is 17.4. The number of nitriles is 1. The number of carbonyl (C=O) groups is 2. The monoisotopic (exact) mass is 430 g/mol. The summed E-state index contributed by atoms with van der Waals surface area (Å²) in [7, 11) is 0. The fourth-order valence-electron chi connectivity index (χ4n) is 3.52. The number of hydrogen-bond donors (Lipinski definition) is 1. The number of hydrogen-bond acceptors (Lipinski definition) is 6. The maximum Gasteiger partial charge on any atom is 0.339 e. The molecule has 0 spiro atoms. The highest BCUT2D eigenvalue weighted by Crippen LogP contribution is 2.49. The van der Waals surface area contributed by atoms with Crippen molar-refractivity contribution in [3.05, 3.63) is 83.4 Å². The second kappa shape index (κ2) is 8.54. The van der Waals surface area contributed by atoms with E-state index in [4.69, 9.17) is 4.74 Å². The van der Waals surface area contributed by atoms with Crippen molar-refractivity contribution in [2.75, 3.05) is 11.5 Å². The zero-order valence-electron chi connectivity index (χ0n) is 16.6. The minimum Gasteiger partial charge on any atom is -0.478 e. The molecule has 0 fully saturated rings. The molecule has 0 amide bonds. The number of anilines is 2. The van der Waals surface area contributed by atoms with E-state index in [1.54, 1.807) is 30.0 Å². The van der Waals surface area contributed by atoms with Crippen LogP contribution in [0.25, 0.3) is 0 Å². The normalized spacial score (nSPS) is 12.8. The summed E-state index contributed by atoms with van der Waals surface area (Å²) in [4.78, 5) is 28.1. The lowest BCUT2D eigenvalue weighted by Gasteiger charge is -2.37. The molecule has 6 nitrogen and oxygen atoms in total. The smallest absolute Gasteiger partial charge is 0.339 e. The summed E-state index contributed by atoms with van der Waals surface area (Å²) in [5.74, 6) is -1.86. The topological polar surface area (TPSA) is 90.6 Å². The molecular weight excluding hydrogens is 412 g/mol. The number of nitrogens with zero attached hydrogens (tertiary/aromatic N) is 2. The van der Waals surface area contributed by atoms with E-state index in [2.05, 4.69) is 11.0 Å². The maximum absolute atomic E-state index is 12.6. The third kappa shape index (κ3) is 3.98. The van der Waals surface area contributed by atoms with E-state index in [9.17, 15) is 20.0 Å². The van der Waals surface area contributed by atoms with Gasteiger partial charge in [0.1, 0.15) is 6.61 Å². The molecule has 0 saturated carbocycles. The minimum absolute atomic E-state index is 0.0176. The van der Waals surface area contributed by atoms with Gasteiger partial charge in [0.25, 0.3) is 0 Å². The molecule has 0 radical (unpaired) electrons. The maximum atomic E-state index is 12.6. The van der Waals surface area contributed by atoms with Crippen molar-refractivity contribution in [2.45, 2.75) is 22.8 Å². The van der Waals surface area contributed by atoms with Crippen LogP contribution in [0.5, 0.6) is 0 Å². The van der Waals surface area contributed by atoms with Crippen molar-refractivity contribution in [1.29, 1.82) is 5.26 Å². The number of carboxylic acids is 1. The van der Waals surface area contributed by atoms with Crippen LogP contribution in [0.4, 0.5) is 11.4 Å². The Balaban J connectivity index is 1.62. The Morgan fingerprint density at radius 3 is 2.45 bits per heavy atom. The molecule has 3 aromatic carbocycles. The Morgan fingerprint density at radius 2 is 1.71 bits per heavy atom. The fourth-order valence-corrected chi connectivity index (χ4v) is 4.58. The molecule has 0 aliphatic carbocycles. The van der Waals surface area contributed by atoms with Gasteiger partial charge in [-0.05, 0) is 49.4 Å². The lowest BCUT2D eigenvalue weighted by atomic mass is 10.1. The first-order chi connectivity index (χ1) is 15.0. The molecule has 0 unspecified atom stereocenters. The lowest BCUT2D eigenvalue weighted by molar-refractivity contribution is 0.0477. The molecule has 1 aliphatic heterocycles. The molecule has 0 saturated heterocycles. The molecule has 1 heterocycles. The van der Waals surface area contributed by atoms with Crippen LogP contribution in [0.1, 0.15) is 33.2 Å². The number of benzene rings is 3. The Kier molecular flexibility index (Phi) is 5.65. The van der Waals surface area contributed by atoms with Crippen LogP contribution >= 0.6 is 11.8 Å². The highest BCUT2D eigenvalue weighted by Gasteiger charge is 2.28. The van der Waals surface area contributed by atoms with Gasteiger partial charge in [0.2, 0.25) is 0 Å². The van der Waals surface area contributed by atoms with Crippen LogP contribution in [0.3, 0.4) is 0 Å². The molecule has 1 N–H and O–H groups in total. The van der Waals surface area contributed by atoms with E-state index >= 15 is 0 Å². The number of ether oxygens (including phenoxy) is 1. The quantitative estimate of drug-likeness (QED) is 0.563. The van der Waals surface area contributed by atoms with Gasteiger partial charge < -0.3 is 14.7 Å². The molecule has 31 heavy (non-hydrogen) atoms. The number of carbonyl (C=O) groups excluding carboxylic acids is 1. The molecule has 0 aromatic heterocycles. The number of carboxylic acid groups (broad SMARTS) is 1. The summed E-state index contributed by atoms with van der Waals surface area (Å²) in [6.45, 7) is 1.97. The van der Waals surface area contributed by atoms with Crippen LogP contribution in [-0.2, 0) is 4.74 Å². The summed E-state index contributed by atoms with van der Waals surface area (Å²) in [5.41, 5.74) is 2.30. The average Bonchev–Trinajstić information content (AvgIpc) is 2.80.